The SMILES string of the molecule is CCCN(CCS(=O)(=O)CC(=O)O)C1CCc2ccccc2C1. The van der Waals surface area contributed by atoms with Crippen molar-refractivity contribution < 1.29 is 18.3 Å². The number of benzene rings is 1. The molecule has 0 saturated carbocycles. The number of carboxylic acid groups (broad SMARTS) is 1. The zero-order valence-electron chi connectivity index (χ0n) is 13.6. The van der Waals surface area contributed by atoms with Crippen LogP contribution in [0.15, 0.2) is 24.3 Å². The second-order valence-electron chi connectivity index (χ2n) is 6.19. The van der Waals surface area contributed by atoms with Crippen LogP contribution in [0, 0.1) is 0 Å². The lowest BCUT2D eigenvalue weighted by atomic mass is 9.87. The Kier molecular flexibility index (Phi) is 6.18. The topological polar surface area (TPSA) is 74.7 Å². The molecule has 23 heavy (non-hydrogen) atoms. The fourth-order valence-electron chi connectivity index (χ4n) is 3.27. The molecule has 6 heteroatoms. The van der Waals surface area contributed by atoms with Crippen LogP contribution in [-0.4, -0.2) is 55.0 Å². The van der Waals surface area contributed by atoms with Crippen LogP contribution >= 0.6 is 0 Å². The number of aryl methyl sites for hydroxylation is 1. The summed E-state index contributed by atoms with van der Waals surface area (Å²) in [6.07, 6.45) is 3.94. The molecule has 0 aromatic heterocycles. The van der Waals surface area contributed by atoms with Crippen molar-refractivity contribution in [1.82, 2.24) is 4.90 Å². The van der Waals surface area contributed by atoms with E-state index in [0.29, 0.717) is 12.6 Å². The Morgan fingerprint density at radius 2 is 1.96 bits per heavy atom. The lowest BCUT2D eigenvalue weighted by Crippen LogP contribution is -2.42. The van der Waals surface area contributed by atoms with Gasteiger partial charge in [0.25, 0.3) is 0 Å². The van der Waals surface area contributed by atoms with Crippen molar-refractivity contribution in [1.29, 1.82) is 0 Å². The maximum Gasteiger partial charge on any atom is 0.318 e. The Morgan fingerprint density at radius 3 is 2.61 bits per heavy atom. The molecule has 0 aliphatic heterocycles. The molecule has 0 bridgehead atoms. The Balaban J connectivity index is 2.00. The third kappa shape index (κ3) is 5.32. The largest absolute Gasteiger partial charge is 0.480 e. The molecule has 1 N–H and O–H groups in total. The molecule has 1 aliphatic carbocycles. The molecule has 1 aromatic rings. The summed E-state index contributed by atoms with van der Waals surface area (Å²) in [6.45, 7) is 3.33. The monoisotopic (exact) mass is 339 g/mol. The molecule has 128 valence electrons. The van der Waals surface area contributed by atoms with Gasteiger partial charge in [0.05, 0.1) is 5.75 Å². The van der Waals surface area contributed by atoms with Crippen LogP contribution in [0.2, 0.25) is 0 Å². The number of carbonyl (C=O) groups is 1. The van der Waals surface area contributed by atoms with Crippen LogP contribution in [0.4, 0.5) is 0 Å². The van der Waals surface area contributed by atoms with Crippen LogP contribution in [0.25, 0.3) is 0 Å². The summed E-state index contributed by atoms with van der Waals surface area (Å²) < 4.78 is 23.6. The van der Waals surface area contributed by atoms with E-state index in [1.54, 1.807) is 0 Å². The van der Waals surface area contributed by atoms with E-state index in [1.807, 2.05) is 6.07 Å². The van der Waals surface area contributed by atoms with E-state index in [4.69, 9.17) is 5.11 Å². The molecule has 1 unspecified atom stereocenters. The first-order valence-electron chi connectivity index (χ1n) is 8.14. The highest BCUT2D eigenvalue weighted by Gasteiger charge is 2.25. The fraction of sp³-hybridized carbons (Fsp3) is 0.588. The van der Waals surface area contributed by atoms with Crippen LogP contribution in [0.3, 0.4) is 0 Å². The quantitative estimate of drug-likeness (QED) is 0.781. The Bertz CT molecular complexity index is 642. The van der Waals surface area contributed by atoms with E-state index in [9.17, 15) is 13.2 Å². The Morgan fingerprint density at radius 1 is 1.26 bits per heavy atom. The molecule has 0 heterocycles. The van der Waals surface area contributed by atoms with Gasteiger partial charge in [0, 0.05) is 12.6 Å². The van der Waals surface area contributed by atoms with Gasteiger partial charge in [-0.25, -0.2) is 8.42 Å². The van der Waals surface area contributed by atoms with E-state index < -0.39 is 21.6 Å². The lowest BCUT2D eigenvalue weighted by molar-refractivity contribution is -0.134. The summed E-state index contributed by atoms with van der Waals surface area (Å²) in [7, 11) is -3.53. The van der Waals surface area contributed by atoms with Crippen molar-refractivity contribution in [3.8, 4) is 0 Å². The molecule has 0 amide bonds. The predicted molar refractivity (Wildman–Crippen MR) is 90.4 cm³/mol. The smallest absolute Gasteiger partial charge is 0.318 e. The van der Waals surface area contributed by atoms with Crippen LogP contribution in [0.1, 0.15) is 30.9 Å². The van der Waals surface area contributed by atoms with Crippen LogP contribution in [0.5, 0.6) is 0 Å². The number of rotatable bonds is 8. The highest BCUT2D eigenvalue weighted by Crippen LogP contribution is 2.24. The summed E-state index contributed by atoms with van der Waals surface area (Å²) in [6, 6.07) is 8.74. The van der Waals surface area contributed by atoms with E-state index in [2.05, 4.69) is 30.0 Å². The number of aliphatic carboxylic acids is 1. The average Bonchev–Trinajstić information content (AvgIpc) is 2.49. The molecule has 1 atom stereocenters. The minimum absolute atomic E-state index is 0.0859. The molecule has 0 radical (unpaired) electrons. The number of nitrogens with zero attached hydrogens (tertiary/aromatic N) is 1. The molecule has 2 rings (SSSR count). The molecule has 0 spiro atoms. The van der Waals surface area contributed by atoms with E-state index in [1.165, 1.54) is 11.1 Å². The minimum atomic E-state index is -3.53. The number of hydrogen-bond acceptors (Lipinski definition) is 4. The summed E-state index contributed by atoms with van der Waals surface area (Å²) >= 11 is 0. The van der Waals surface area contributed by atoms with Crippen molar-refractivity contribution in [2.45, 2.75) is 38.6 Å². The lowest BCUT2D eigenvalue weighted by Gasteiger charge is -2.35. The highest BCUT2D eigenvalue weighted by atomic mass is 32.2. The summed E-state index contributed by atoms with van der Waals surface area (Å²) in [5.41, 5.74) is 2.73. The van der Waals surface area contributed by atoms with Crippen LogP contribution < -0.4 is 0 Å². The third-order valence-electron chi connectivity index (χ3n) is 4.38. The molecule has 1 aliphatic rings. The van der Waals surface area contributed by atoms with Crippen molar-refractivity contribution in [2.75, 3.05) is 24.6 Å². The van der Waals surface area contributed by atoms with Gasteiger partial charge in [0.15, 0.2) is 9.84 Å². The van der Waals surface area contributed by atoms with Gasteiger partial charge in [-0.15, -0.1) is 0 Å². The first kappa shape index (κ1) is 17.9. The average molecular weight is 339 g/mol. The van der Waals surface area contributed by atoms with Crippen molar-refractivity contribution in [3.63, 3.8) is 0 Å². The zero-order chi connectivity index (χ0) is 16.9. The van der Waals surface area contributed by atoms with Gasteiger partial charge in [0.2, 0.25) is 0 Å². The van der Waals surface area contributed by atoms with Crippen molar-refractivity contribution >= 4 is 15.8 Å². The van der Waals surface area contributed by atoms with E-state index in [0.717, 1.165) is 32.2 Å². The second kappa shape index (κ2) is 7.93. The van der Waals surface area contributed by atoms with E-state index in [-0.39, 0.29) is 5.75 Å². The number of carboxylic acids is 1. The normalized spacial score (nSPS) is 17.9. The standard InChI is InChI=1S/C17H25NO4S/c1-2-9-18(10-11-23(21,22)13-17(19)20)16-8-7-14-5-3-4-6-15(14)12-16/h3-6,16H,2,7-13H2,1H3,(H,19,20). The highest BCUT2D eigenvalue weighted by molar-refractivity contribution is 7.92. The van der Waals surface area contributed by atoms with Crippen molar-refractivity contribution in [2.24, 2.45) is 0 Å². The minimum Gasteiger partial charge on any atom is -0.480 e. The molecular formula is C17H25NO4S. The molecule has 0 fully saturated rings. The molecule has 1 aromatic carbocycles. The first-order valence-corrected chi connectivity index (χ1v) is 9.96. The van der Waals surface area contributed by atoms with Gasteiger partial charge in [-0.2, -0.15) is 0 Å². The third-order valence-corrected chi connectivity index (χ3v) is 5.87. The van der Waals surface area contributed by atoms with Gasteiger partial charge in [0.1, 0.15) is 5.75 Å². The van der Waals surface area contributed by atoms with Gasteiger partial charge < -0.3 is 5.11 Å². The summed E-state index contributed by atoms with van der Waals surface area (Å²) in [5.74, 6) is -2.14. The first-order chi connectivity index (χ1) is 10.9. The van der Waals surface area contributed by atoms with Gasteiger partial charge in [-0.05, 0) is 43.4 Å². The van der Waals surface area contributed by atoms with Gasteiger partial charge in [-0.3, -0.25) is 9.69 Å². The summed E-state index contributed by atoms with van der Waals surface area (Å²) in [5, 5.41) is 8.68. The predicted octanol–water partition coefficient (Wildman–Crippen LogP) is 1.76. The second-order valence-corrected chi connectivity index (χ2v) is 8.37. The summed E-state index contributed by atoms with van der Waals surface area (Å²) in [4.78, 5) is 12.8. The number of hydrogen-bond donors (Lipinski definition) is 1. The van der Waals surface area contributed by atoms with Gasteiger partial charge in [-0.1, -0.05) is 31.2 Å². The number of fused-ring (bicyclic) bond motifs is 1. The van der Waals surface area contributed by atoms with Crippen LogP contribution in [-0.2, 0) is 27.5 Å². The maximum atomic E-state index is 11.8. The Labute approximate surface area is 138 Å². The van der Waals surface area contributed by atoms with Crippen molar-refractivity contribution in [3.05, 3.63) is 35.4 Å². The number of sulfone groups is 1. The van der Waals surface area contributed by atoms with Gasteiger partial charge >= 0.3 is 5.97 Å². The molecular weight excluding hydrogens is 314 g/mol. The zero-order valence-corrected chi connectivity index (χ0v) is 14.4. The van der Waals surface area contributed by atoms with E-state index >= 15 is 0 Å². The molecule has 5 nitrogen and oxygen atoms in total. The maximum absolute atomic E-state index is 11.8. The molecule has 0 saturated heterocycles. The Hall–Kier alpha value is -1.40. The fourth-order valence-corrected chi connectivity index (χ4v) is 4.30.